The number of allylic oxidation sites excluding steroid dienone is 1. The Hall–Kier alpha value is -2.67. The number of nitrogens with two attached hydrogens (primary N) is 1. The number of sulfonamides is 1. The molecular weight excluding hydrogens is 374 g/mol. The fourth-order valence-corrected chi connectivity index (χ4v) is 2.92. The first-order chi connectivity index (χ1) is 12.3. The van der Waals surface area contributed by atoms with Crippen LogP contribution in [-0.4, -0.2) is 14.2 Å². The van der Waals surface area contributed by atoms with Gasteiger partial charge in [0.25, 0.3) is 0 Å². The first kappa shape index (κ1) is 18.1. The van der Waals surface area contributed by atoms with Crippen LogP contribution in [0.2, 0.25) is 5.02 Å². The van der Waals surface area contributed by atoms with Crippen LogP contribution in [0.1, 0.15) is 16.1 Å². The number of primary sulfonamides is 1. The van der Waals surface area contributed by atoms with Gasteiger partial charge in [-0.25, -0.2) is 13.6 Å². The molecule has 0 unspecified atom stereocenters. The molecule has 0 aliphatic rings. The molecule has 2 aromatic carbocycles. The van der Waals surface area contributed by atoms with Crippen molar-refractivity contribution in [3.8, 4) is 11.3 Å². The van der Waals surface area contributed by atoms with Crippen molar-refractivity contribution < 1.29 is 17.6 Å². The Morgan fingerprint density at radius 2 is 1.62 bits per heavy atom. The maximum absolute atomic E-state index is 12.1. The number of carbonyl (C=O) groups is 1. The number of carbonyl (C=O) groups excluding carboxylic acids is 1. The van der Waals surface area contributed by atoms with E-state index in [2.05, 4.69) is 0 Å². The van der Waals surface area contributed by atoms with E-state index in [1.54, 1.807) is 54.6 Å². The van der Waals surface area contributed by atoms with Crippen molar-refractivity contribution in [3.63, 3.8) is 0 Å². The lowest BCUT2D eigenvalue weighted by Crippen LogP contribution is -2.11. The Bertz CT molecular complexity index is 1070. The van der Waals surface area contributed by atoms with Crippen molar-refractivity contribution in [1.29, 1.82) is 0 Å². The van der Waals surface area contributed by atoms with Crippen molar-refractivity contribution in [2.45, 2.75) is 4.90 Å². The van der Waals surface area contributed by atoms with Crippen LogP contribution in [0, 0.1) is 0 Å². The third-order valence-corrected chi connectivity index (χ3v) is 4.80. The topological polar surface area (TPSA) is 90.4 Å². The molecule has 3 rings (SSSR count). The van der Waals surface area contributed by atoms with Crippen molar-refractivity contribution in [3.05, 3.63) is 83.1 Å². The average Bonchev–Trinajstić information content (AvgIpc) is 3.09. The molecule has 0 spiro atoms. The third-order valence-electron chi connectivity index (χ3n) is 3.62. The summed E-state index contributed by atoms with van der Waals surface area (Å²) >= 11 is 5.80. The standard InChI is InChI=1S/C19H14ClNO4S/c20-15-5-1-13(2-6-15)18(22)11-7-16-8-12-19(25-16)14-3-9-17(10-4-14)26(21,23)24/h1-12H,(H2,21,23,24)/b11-7+. The van der Waals surface area contributed by atoms with Gasteiger partial charge in [-0.3, -0.25) is 4.79 Å². The molecule has 0 atom stereocenters. The summed E-state index contributed by atoms with van der Waals surface area (Å²) in [4.78, 5) is 12.1. The van der Waals surface area contributed by atoms with Crippen LogP contribution in [0.25, 0.3) is 17.4 Å². The van der Waals surface area contributed by atoms with Crippen molar-refractivity contribution in [2.75, 3.05) is 0 Å². The second-order valence-electron chi connectivity index (χ2n) is 5.48. The van der Waals surface area contributed by atoms with E-state index in [-0.39, 0.29) is 10.7 Å². The number of hydrogen-bond donors (Lipinski definition) is 1. The van der Waals surface area contributed by atoms with Crippen LogP contribution in [0.4, 0.5) is 0 Å². The Kier molecular flexibility index (Phi) is 5.08. The Morgan fingerprint density at radius 1 is 0.962 bits per heavy atom. The van der Waals surface area contributed by atoms with Crippen LogP contribution in [-0.2, 0) is 10.0 Å². The fourth-order valence-electron chi connectivity index (χ4n) is 2.27. The van der Waals surface area contributed by atoms with E-state index in [1.165, 1.54) is 18.2 Å². The van der Waals surface area contributed by atoms with E-state index in [9.17, 15) is 13.2 Å². The van der Waals surface area contributed by atoms with Gasteiger partial charge in [-0.2, -0.15) is 0 Å². The second-order valence-corrected chi connectivity index (χ2v) is 7.47. The van der Waals surface area contributed by atoms with Gasteiger partial charge < -0.3 is 4.42 Å². The zero-order valence-corrected chi connectivity index (χ0v) is 15.0. The number of rotatable bonds is 5. The Morgan fingerprint density at radius 3 is 2.23 bits per heavy atom. The zero-order valence-electron chi connectivity index (χ0n) is 13.4. The predicted octanol–water partition coefficient (Wildman–Crippen LogP) is 4.14. The van der Waals surface area contributed by atoms with Crippen molar-refractivity contribution >= 4 is 33.5 Å². The summed E-state index contributed by atoms with van der Waals surface area (Å²) in [5.41, 5.74) is 1.22. The highest BCUT2D eigenvalue weighted by atomic mass is 35.5. The lowest BCUT2D eigenvalue weighted by atomic mass is 10.1. The number of ketones is 1. The molecule has 3 aromatic rings. The SMILES string of the molecule is NS(=O)(=O)c1ccc(-c2ccc(/C=C/C(=O)c3ccc(Cl)cc3)o2)cc1. The highest BCUT2D eigenvalue weighted by Gasteiger charge is 2.09. The van der Waals surface area contributed by atoms with E-state index < -0.39 is 10.0 Å². The van der Waals surface area contributed by atoms with Gasteiger partial charge in [0.1, 0.15) is 11.5 Å². The quantitative estimate of drug-likeness (QED) is 0.526. The normalized spacial score (nSPS) is 11.8. The van der Waals surface area contributed by atoms with Gasteiger partial charge in [0.15, 0.2) is 5.78 Å². The largest absolute Gasteiger partial charge is 0.457 e. The third kappa shape index (κ3) is 4.29. The molecule has 1 heterocycles. The molecule has 0 bridgehead atoms. The van der Waals surface area contributed by atoms with Gasteiger partial charge in [0.05, 0.1) is 4.90 Å². The molecule has 132 valence electrons. The van der Waals surface area contributed by atoms with E-state index >= 15 is 0 Å². The molecule has 0 saturated carbocycles. The maximum Gasteiger partial charge on any atom is 0.238 e. The first-order valence-corrected chi connectivity index (χ1v) is 9.46. The summed E-state index contributed by atoms with van der Waals surface area (Å²) in [5.74, 6) is 0.875. The molecule has 7 heteroatoms. The molecule has 26 heavy (non-hydrogen) atoms. The maximum atomic E-state index is 12.1. The lowest BCUT2D eigenvalue weighted by molar-refractivity contribution is 0.104. The molecule has 5 nitrogen and oxygen atoms in total. The van der Waals surface area contributed by atoms with E-state index in [1.807, 2.05) is 0 Å². The van der Waals surface area contributed by atoms with Gasteiger partial charge in [-0.05, 0) is 72.8 Å². The minimum atomic E-state index is -3.73. The fraction of sp³-hybridized carbons (Fsp3) is 0. The minimum absolute atomic E-state index is 0.0292. The van der Waals surface area contributed by atoms with E-state index in [0.29, 0.717) is 27.7 Å². The Labute approximate surface area is 155 Å². The van der Waals surface area contributed by atoms with Crippen molar-refractivity contribution in [1.82, 2.24) is 0 Å². The summed E-state index contributed by atoms with van der Waals surface area (Å²) in [5, 5.41) is 5.64. The zero-order chi connectivity index (χ0) is 18.7. The molecule has 1 aromatic heterocycles. The smallest absolute Gasteiger partial charge is 0.238 e. The van der Waals surface area contributed by atoms with Gasteiger partial charge in [0.2, 0.25) is 10.0 Å². The van der Waals surface area contributed by atoms with Crippen LogP contribution >= 0.6 is 11.6 Å². The van der Waals surface area contributed by atoms with Gasteiger partial charge >= 0.3 is 0 Å². The number of benzene rings is 2. The molecule has 0 amide bonds. The molecule has 0 radical (unpaired) electrons. The molecule has 0 aliphatic carbocycles. The average molecular weight is 388 g/mol. The summed E-state index contributed by atoms with van der Waals surface area (Å²) in [6.07, 6.45) is 2.98. The van der Waals surface area contributed by atoms with Gasteiger partial charge in [-0.1, -0.05) is 11.6 Å². The van der Waals surface area contributed by atoms with Crippen LogP contribution < -0.4 is 5.14 Å². The van der Waals surface area contributed by atoms with E-state index in [0.717, 1.165) is 0 Å². The summed E-state index contributed by atoms with van der Waals surface area (Å²) in [6.45, 7) is 0. The van der Waals surface area contributed by atoms with Crippen LogP contribution in [0.15, 0.2) is 76.1 Å². The number of furan rings is 1. The number of halogens is 1. The minimum Gasteiger partial charge on any atom is -0.457 e. The molecule has 0 aliphatic heterocycles. The molecule has 2 N–H and O–H groups in total. The van der Waals surface area contributed by atoms with Gasteiger partial charge in [0, 0.05) is 16.1 Å². The molecular formula is C19H14ClNO4S. The highest BCUT2D eigenvalue weighted by Crippen LogP contribution is 2.24. The lowest BCUT2D eigenvalue weighted by Gasteiger charge is -2.00. The molecule has 0 fully saturated rings. The van der Waals surface area contributed by atoms with Crippen LogP contribution in [0.5, 0.6) is 0 Å². The van der Waals surface area contributed by atoms with Crippen LogP contribution in [0.3, 0.4) is 0 Å². The first-order valence-electron chi connectivity index (χ1n) is 7.54. The predicted molar refractivity (Wildman–Crippen MR) is 100 cm³/mol. The second kappa shape index (κ2) is 7.29. The van der Waals surface area contributed by atoms with Crippen molar-refractivity contribution in [2.24, 2.45) is 5.14 Å². The van der Waals surface area contributed by atoms with Gasteiger partial charge in [-0.15, -0.1) is 0 Å². The highest BCUT2D eigenvalue weighted by molar-refractivity contribution is 7.89. The molecule has 0 saturated heterocycles. The summed E-state index contributed by atoms with van der Waals surface area (Å²) < 4.78 is 28.2. The number of hydrogen-bond acceptors (Lipinski definition) is 4. The van der Waals surface area contributed by atoms with E-state index in [4.69, 9.17) is 21.2 Å². The monoisotopic (exact) mass is 387 g/mol. The Balaban J connectivity index is 1.75. The summed E-state index contributed by atoms with van der Waals surface area (Å²) in [7, 11) is -3.73. The summed E-state index contributed by atoms with van der Waals surface area (Å²) in [6, 6.07) is 16.1.